The molecule has 3 aromatic rings. The zero-order valence-electron chi connectivity index (χ0n) is 13.5. The van der Waals surface area contributed by atoms with E-state index in [0.717, 1.165) is 5.56 Å². The molecule has 0 amide bonds. The zero-order valence-corrected chi connectivity index (χ0v) is 13.5. The van der Waals surface area contributed by atoms with Crippen LogP contribution in [-0.4, -0.2) is 28.4 Å². The van der Waals surface area contributed by atoms with Crippen LogP contribution in [-0.2, 0) is 16.1 Å². The molecule has 0 unspecified atom stereocenters. The summed E-state index contributed by atoms with van der Waals surface area (Å²) < 4.78 is 15.5. The fraction of sp³-hybridized carbons (Fsp3) is 0.167. The minimum absolute atomic E-state index is 0.144. The number of nitrogens with zero attached hydrogens (tertiary/aromatic N) is 2. The van der Waals surface area contributed by atoms with Gasteiger partial charge in [0.1, 0.15) is 5.75 Å². The van der Waals surface area contributed by atoms with Crippen molar-refractivity contribution in [1.82, 2.24) is 10.2 Å². The van der Waals surface area contributed by atoms with Crippen molar-refractivity contribution in [2.75, 3.05) is 7.11 Å². The third-order valence-corrected chi connectivity index (χ3v) is 3.46. The van der Waals surface area contributed by atoms with Gasteiger partial charge in [-0.2, -0.15) is 0 Å². The Morgan fingerprint density at radius 3 is 2.72 bits per heavy atom. The van der Waals surface area contributed by atoms with Gasteiger partial charge in [0.15, 0.2) is 12.7 Å². The van der Waals surface area contributed by atoms with Crippen LogP contribution >= 0.6 is 0 Å². The molecular formula is C18H16N2O5. The molecule has 0 aliphatic rings. The van der Waals surface area contributed by atoms with Crippen molar-refractivity contribution in [3.63, 3.8) is 0 Å². The van der Waals surface area contributed by atoms with Crippen LogP contribution in [0.5, 0.6) is 5.75 Å². The number of methoxy groups -OCH3 is 1. The number of esters is 1. The van der Waals surface area contributed by atoms with E-state index >= 15 is 0 Å². The van der Waals surface area contributed by atoms with Crippen molar-refractivity contribution in [1.29, 1.82) is 0 Å². The number of aliphatic hydroxyl groups excluding tert-OH is 1. The molecule has 7 nitrogen and oxygen atoms in total. The lowest BCUT2D eigenvalue weighted by molar-refractivity contribution is -0.156. The van der Waals surface area contributed by atoms with Gasteiger partial charge in [-0.25, -0.2) is 4.79 Å². The highest BCUT2D eigenvalue weighted by atomic mass is 16.6. The van der Waals surface area contributed by atoms with Gasteiger partial charge in [0.25, 0.3) is 5.89 Å². The highest BCUT2D eigenvalue weighted by Gasteiger charge is 2.20. The van der Waals surface area contributed by atoms with Crippen LogP contribution in [0.1, 0.15) is 17.6 Å². The van der Waals surface area contributed by atoms with Crippen LogP contribution in [0, 0.1) is 0 Å². The molecular weight excluding hydrogens is 324 g/mol. The van der Waals surface area contributed by atoms with Gasteiger partial charge in [-0.05, 0) is 29.8 Å². The Bertz CT molecular complexity index is 847. The second-order valence-corrected chi connectivity index (χ2v) is 5.15. The maximum Gasteiger partial charge on any atom is 0.340 e. The molecule has 3 rings (SSSR count). The molecule has 0 saturated carbocycles. The lowest BCUT2D eigenvalue weighted by atomic mass is 10.1. The summed E-state index contributed by atoms with van der Waals surface area (Å²) in [6.07, 6.45) is -1.42. The largest absolute Gasteiger partial charge is 0.497 e. The molecule has 128 valence electrons. The predicted molar refractivity (Wildman–Crippen MR) is 87.5 cm³/mol. The van der Waals surface area contributed by atoms with Crippen molar-refractivity contribution in [3.8, 4) is 17.2 Å². The number of carbonyl (C=O) groups is 1. The third-order valence-electron chi connectivity index (χ3n) is 3.46. The van der Waals surface area contributed by atoms with Gasteiger partial charge in [-0.15, -0.1) is 10.2 Å². The van der Waals surface area contributed by atoms with E-state index in [1.54, 1.807) is 24.3 Å². The summed E-state index contributed by atoms with van der Waals surface area (Å²) in [5.41, 5.74) is 1.14. The minimum atomic E-state index is -1.42. The van der Waals surface area contributed by atoms with Crippen LogP contribution in [0.4, 0.5) is 0 Å². The molecule has 0 aliphatic heterocycles. The molecule has 0 spiro atoms. The van der Waals surface area contributed by atoms with E-state index in [9.17, 15) is 9.90 Å². The van der Waals surface area contributed by atoms with E-state index in [1.165, 1.54) is 7.11 Å². The topological polar surface area (TPSA) is 94.7 Å². The van der Waals surface area contributed by atoms with E-state index < -0.39 is 12.1 Å². The van der Waals surface area contributed by atoms with Crippen LogP contribution in [0.15, 0.2) is 59.0 Å². The van der Waals surface area contributed by atoms with E-state index in [4.69, 9.17) is 13.9 Å². The summed E-state index contributed by atoms with van der Waals surface area (Å²) in [6, 6.07) is 15.8. The number of hydrogen-bond donors (Lipinski definition) is 1. The molecule has 1 atom stereocenters. The first-order chi connectivity index (χ1) is 12.2. The van der Waals surface area contributed by atoms with Crippen molar-refractivity contribution in [3.05, 3.63) is 66.1 Å². The fourth-order valence-electron chi connectivity index (χ4n) is 2.17. The van der Waals surface area contributed by atoms with Crippen LogP contribution < -0.4 is 4.74 Å². The second kappa shape index (κ2) is 7.59. The monoisotopic (exact) mass is 340 g/mol. The summed E-state index contributed by atoms with van der Waals surface area (Å²) in [5, 5.41) is 17.8. The van der Waals surface area contributed by atoms with Crippen molar-refractivity contribution >= 4 is 5.97 Å². The fourth-order valence-corrected chi connectivity index (χ4v) is 2.17. The molecule has 7 heteroatoms. The highest BCUT2D eigenvalue weighted by Crippen LogP contribution is 2.21. The Morgan fingerprint density at radius 1 is 1.16 bits per heavy atom. The van der Waals surface area contributed by atoms with Gasteiger partial charge in [-0.1, -0.05) is 30.3 Å². The number of carbonyl (C=O) groups excluding carboxylic acids is 1. The number of benzene rings is 2. The SMILES string of the molecule is COc1cccc([C@@H](O)C(=O)OCc2nnc(-c3ccccc3)o2)c1. The normalized spacial score (nSPS) is 11.8. The number of aromatic nitrogens is 2. The minimum Gasteiger partial charge on any atom is -0.497 e. The van der Waals surface area contributed by atoms with Crippen molar-refractivity contribution in [2.24, 2.45) is 0 Å². The van der Waals surface area contributed by atoms with Crippen molar-refractivity contribution in [2.45, 2.75) is 12.7 Å². The maximum absolute atomic E-state index is 12.0. The van der Waals surface area contributed by atoms with Gasteiger partial charge >= 0.3 is 5.97 Å². The first-order valence-corrected chi connectivity index (χ1v) is 7.54. The van der Waals surface area contributed by atoms with E-state index in [0.29, 0.717) is 17.2 Å². The van der Waals surface area contributed by atoms with Gasteiger partial charge < -0.3 is 19.0 Å². The molecule has 1 heterocycles. The summed E-state index contributed by atoms with van der Waals surface area (Å²) >= 11 is 0. The first-order valence-electron chi connectivity index (χ1n) is 7.54. The molecule has 0 radical (unpaired) electrons. The summed E-state index contributed by atoms with van der Waals surface area (Å²) in [7, 11) is 1.50. The van der Waals surface area contributed by atoms with Gasteiger partial charge in [0.2, 0.25) is 5.89 Å². The van der Waals surface area contributed by atoms with Crippen LogP contribution in [0.3, 0.4) is 0 Å². The third kappa shape index (κ3) is 4.02. The smallest absolute Gasteiger partial charge is 0.340 e. The van der Waals surface area contributed by atoms with E-state index in [1.807, 2.05) is 30.3 Å². The number of rotatable bonds is 6. The molecule has 1 N–H and O–H groups in total. The van der Waals surface area contributed by atoms with Gasteiger partial charge in [0, 0.05) is 5.56 Å². The highest BCUT2D eigenvalue weighted by molar-refractivity contribution is 5.76. The van der Waals surface area contributed by atoms with Gasteiger partial charge in [0.05, 0.1) is 7.11 Å². The Labute approximate surface area is 143 Å². The molecule has 0 aliphatic carbocycles. The molecule has 0 bridgehead atoms. The summed E-state index contributed by atoms with van der Waals surface area (Å²) in [5.74, 6) is 0.200. The standard InChI is InChI=1S/C18H16N2O5/c1-23-14-9-5-8-13(10-14)16(21)18(22)24-11-15-19-20-17(25-15)12-6-3-2-4-7-12/h2-10,16,21H,11H2,1H3/t16-/m1/s1. The van der Waals surface area contributed by atoms with Crippen molar-refractivity contribution < 1.29 is 23.8 Å². The summed E-state index contributed by atoms with van der Waals surface area (Å²) in [4.78, 5) is 12.0. The Morgan fingerprint density at radius 2 is 1.96 bits per heavy atom. The number of aliphatic hydroxyl groups is 1. The van der Waals surface area contributed by atoms with E-state index in [2.05, 4.69) is 10.2 Å². The number of ether oxygens (including phenoxy) is 2. The average molecular weight is 340 g/mol. The maximum atomic E-state index is 12.0. The van der Waals surface area contributed by atoms with Gasteiger partial charge in [-0.3, -0.25) is 0 Å². The Kier molecular flexibility index (Phi) is 5.06. The molecule has 0 fully saturated rings. The quantitative estimate of drug-likeness (QED) is 0.689. The molecule has 25 heavy (non-hydrogen) atoms. The lowest BCUT2D eigenvalue weighted by Crippen LogP contribution is -2.15. The Balaban J connectivity index is 1.61. The van der Waals surface area contributed by atoms with Crippen LogP contribution in [0.2, 0.25) is 0 Å². The Hall–Kier alpha value is -3.19. The summed E-state index contributed by atoms with van der Waals surface area (Å²) in [6.45, 7) is -0.223. The second-order valence-electron chi connectivity index (χ2n) is 5.15. The van der Waals surface area contributed by atoms with E-state index in [-0.39, 0.29) is 12.5 Å². The molecule has 2 aromatic carbocycles. The molecule has 0 saturated heterocycles. The average Bonchev–Trinajstić information content (AvgIpc) is 3.15. The number of hydrogen-bond acceptors (Lipinski definition) is 7. The van der Waals surface area contributed by atoms with Crippen LogP contribution in [0.25, 0.3) is 11.5 Å². The predicted octanol–water partition coefficient (Wildman–Crippen LogP) is 2.52. The molecule has 1 aromatic heterocycles. The first kappa shape index (κ1) is 16.7. The zero-order chi connectivity index (χ0) is 17.6. The lowest BCUT2D eigenvalue weighted by Gasteiger charge is -2.10.